The fourth-order valence-electron chi connectivity index (χ4n) is 3.67. The number of aryl methyl sites for hydroxylation is 2. The molecule has 9 heteroatoms. The number of ether oxygens (including phenoxy) is 1. The average molecular weight is 496 g/mol. The van der Waals surface area contributed by atoms with E-state index in [9.17, 15) is 13.9 Å². The lowest BCUT2D eigenvalue weighted by molar-refractivity contribution is 0.0931. The van der Waals surface area contributed by atoms with Crippen LogP contribution in [0, 0.1) is 11.6 Å². The van der Waals surface area contributed by atoms with Crippen molar-refractivity contribution in [3.05, 3.63) is 101 Å². The van der Waals surface area contributed by atoms with E-state index < -0.39 is 17.7 Å². The fraction of sp³-hybridized carbons (Fsp3) is 0.259. The third kappa shape index (κ3) is 7.10. The van der Waals surface area contributed by atoms with Gasteiger partial charge in [-0.05, 0) is 48.7 Å². The quantitative estimate of drug-likeness (QED) is 0.302. The van der Waals surface area contributed by atoms with Crippen molar-refractivity contribution in [1.29, 1.82) is 0 Å². The summed E-state index contributed by atoms with van der Waals surface area (Å²) in [6.45, 7) is 0.662. The van der Waals surface area contributed by atoms with Crippen molar-refractivity contribution in [1.82, 2.24) is 14.5 Å². The van der Waals surface area contributed by atoms with Gasteiger partial charge < -0.3 is 23.9 Å². The van der Waals surface area contributed by atoms with Crippen LogP contribution in [0.4, 0.5) is 8.78 Å². The topological polar surface area (TPSA) is 93.5 Å². The van der Waals surface area contributed by atoms with Crippen LogP contribution in [0.2, 0.25) is 0 Å². The Labute approximate surface area is 207 Å². The molecule has 2 N–H and O–H groups in total. The van der Waals surface area contributed by atoms with Gasteiger partial charge in [-0.1, -0.05) is 12.1 Å². The molecule has 4 rings (SSSR count). The minimum atomic E-state index is -0.811. The molecular formula is C27H27F2N3O4. The van der Waals surface area contributed by atoms with Gasteiger partial charge in [-0.3, -0.25) is 0 Å². The first-order chi connectivity index (χ1) is 17.5. The maximum Gasteiger partial charge on any atom is 0.218 e. The summed E-state index contributed by atoms with van der Waals surface area (Å²) >= 11 is 0. The van der Waals surface area contributed by atoms with Crippen LogP contribution in [0.1, 0.15) is 35.0 Å². The SMILES string of the molecule is OCC(O)Cc1nccn1CCCc1cccc(OCc2coc(C=Cc3ccc(F)cc3F)n2)c1. The summed E-state index contributed by atoms with van der Waals surface area (Å²) in [6.07, 6.45) is 9.22. The van der Waals surface area contributed by atoms with Gasteiger partial charge in [-0.15, -0.1) is 0 Å². The molecule has 7 nitrogen and oxygen atoms in total. The third-order valence-electron chi connectivity index (χ3n) is 5.52. The predicted octanol–water partition coefficient (Wildman–Crippen LogP) is 4.43. The van der Waals surface area contributed by atoms with E-state index in [-0.39, 0.29) is 24.7 Å². The molecule has 0 amide bonds. The lowest BCUT2D eigenvalue weighted by Gasteiger charge is -2.11. The number of hydrogen-bond acceptors (Lipinski definition) is 6. The van der Waals surface area contributed by atoms with E-state index in [0.717, 1.165) is 36.8 Å². The molecule has 0 saturated heterocycles. The minimum absolute atomic E-state index is 0.206. The van der Waals surface area contributed by atoms with E-state index in [0.29, 0.717) is 17.9 Å². The summed E-state index contributed by atoms with van der Waals surface area (Å²) in [5, 5.41) is 18.7. The van der Waals surface area contributed by atoms with Crippen molar-refractivity contribution in [2.45, 2.75) is 38.5 Å². The van der Waals surface area contributed by atoms with Crippen LogP contribution in [0.25, 0.3) is 12.2 Å². The molecule has 0 aliphatic heterocycles. The molecule has 0 aliphatic rings. The number of oxazole rings is 1. The zero-order valence-electron chi connectivity index (χ0n) is 19.6. The Morgan fingerprint density at radius 1 is 1.14 bits per heavy atom. The molecule has 2 aromatic heterocycles. The zero-order valence-corrected chi connectivity index (χ0v) is 19.6. The van der Waals surface area contributed by atoms with E-state index >= 15 is 0 Å². The molecule has 0 bridgehead atoms. The first-order valence-electron chi connectivity index (χ1n) is 11.6. The minimum Gasteiger partial charge on any atom is -0.487 e. The normalized spacial score (nSPS) is 12.3. The van der Waals surface area contributed by atoms with Gasteiger partial charge >= 0.3 is 0 Å². The number of hydrogen-bond donors (Lipinski definition) is 2. The highest BCUT2D eigenvalue weighted by atomic mass is 19.1. The van der Waals surface area contributed by atoms with E-state index in [4.69, 9.17) is 14.3 Å². The van der Waals surface area contributed by atoms with Gasteiger partial charge in [0.15, 0.2) is 0 Å². The summed E-state index contributed by atoms with van der Waals surface area (Å²) in [4.78, 5) is 8.56. The molecule has 1 unspecified atom stereocenters. The first kappa shape index (κ1) is 25.3. The lowest BCUT2D eigenvalue weighted by Crippen LogP contribution is -2.18. The Morgan fingerprint density at radius 2 is 2.03 bits per heavy atom. The van der Waals surface area contributed by atoms with Crippen molar-refractivity contribution >= 4 is 12.2 Å². The Balaban J connectivity index is 1.27. The van der Waals surface area contributed by atoms with Crippen LogP contribution in [0.15, 0.2) is 65.5 Å². The van der Waals surface area contributed by atoms with Crippen molar-refractivity contribution in [2.75, 3.05) is 6.61 Å². The third-order valence-corrected chi connectivity index (χ3v) is 5.52. The average Bonchev–Trinajstić information content (AvgIpc) is 3.52. The molecule has 0 radical (unpaired) electrons. The molecule has 36 heavy (non-hydrogen) atoms. The molecular weight excluding hydrogens is 468 g/mol. The summed E-state index contributed by atoms with van der Waals surface area (Å²) in [5.41, 5.74) is 1.93. The molecule has 0 saturated carbocycles. The number of aromatic nitrogens is 3. The molecule has 4 aromatic rings. The van der Waals surface area contributed by atoms with E-state index in [1.54, 1.807) is 6.20 Å². The highest BCUT2D eigenvalue weighted by Crippen LogP contribution is 2.18. The van der Waals surface area contributed by atoms with Crippen molar-refractivity contribution in [3.63, 3.8) is 0 Å². The maximum absolute atomic E-state index is 13.7. The Hall–Kier alpha value is -3.82. The van der Waals surface area contributed by atoms with Gasteiger partial charge in [0.25, 0.3) is 0 Å². The first-order valence-corrected chi connectivity index (χ1v) is 11.6. The number of benzene rings is 2. The Bertz CT molecular complexity index is 1300. The number of imidazole rings is 1. The molecule has 188 valence electrons. The number of rotatable bonds is 12. The number of aliphatic hydroxyl groups is 2. The zero-order chi connectivity index (χ0) is 25.3. The molecule has 0 aliphatic carbocycles. The fourth-order valence-corrected chi connectivity index (χ4v) is 3.67. The maximum atomic E-state index is 13.7. The van der Waals surface area contributed by atoms with Gasteiger partial charge in [0.05, 0.1) is 12.7 Å². The van der Waals surface area contributed by atoms with E-state index in [1.165, 1.54) is 30.5 Å². The smallest absolute Gasteiger partial charge is 0.218 e. The largest absolute Gasteiger partial charge is 0.487 e. The van der Waals surface area contributed by atoms with Crippen LogP contribution in [-0.4, -0.2) is 37.5 Å². The van der Waals surface area contributed by atoms with E-state index in [2.05, 4.69) is 9.97 Å². The van der Waals surface area contributed by atoms with Crippen LogP contribution in [-0.2, 0) is 26.0 Å². The van der Waals surface area contributed by atoms with Crippen LogP contribution in [0.5, 0.6) is 5.75 Å². The highest BCUT2D eigenvalue weighted by molar-refractivity contribution is 5.66. The van der Waals surface area contributed by atoms with Crippen LogP contribution >= 0.6 is 0 Å². The number of aliphatic hydroxyl groups excluding tert-OH is 2. The number of nitrogens with zero attached hydrogens (tertiary/aromatic N) is 3. The van der Waals surface area contributed by atoms with Crippen molar-refractivity contribution < 1.29 is 28.1 Å². The van der Waals surface area contributed by atoms with Crippen molar-refractivity contribution in [3.8, 4) is 5.75 Å². The summed E-state index contributed by atoms with van der Waals surface area (Å²) < 4.78 is 40.0. The molecule has 2 aromatic carbocycles. The highest BCUT2D eigenvalue weighted by Gasteiger charge is 2.10. The van der Waals surface area contributed by atoms with Gasteiger partial charge in [-0.2, -0.15) is 0 Å². The molecule has 0 spiro atoms. The van der Waals surface area contributed by atoms with Crippen LogP contribution < -0.4 is 4.74 Å². The summed E-state index contributed by atoms with van der Waals surface area (Å²) in [6, 6.07) is 11.2. The van der Waals surface area contributed by atoms with Gasteiger partial charge in [0.2, 0.25) is 5.89 Å². The Kier molecular flexibility index (Phi) is 8.59. The summed E-state index contributed by atoms with van der Waals surface area (Å²) in [5.74, 6) is 0.448. The van der Waals surface area contributed by atoms with Crippen molar-refractivity contribution in [2.24, 2.45) is 0 Å². The standard InChI is InChI=1S/C27H27F2N3O4/c28-21-8-6-20(25(29)14-21)7-9-27-31-22(18-36-27)17-35-24-5-1-3-19(13-24)4-2-11-32-12-10-30-26(32)15-23(34)16-33/h1,3,5-10,12-14,18,23,33-34H,2,4,11,15-17H2. The number of halogens is 2. The Morgan fingerprint density at radius 3 is 2.86 bits per heavy atom. The van der Waals surface area contributed by atoms with Gasteiger partial charge in [0, 0.05) is 43.1 Å². The molecule has 0 fully saturated rings. The monoisotopic (exact) mass is 495 g/mol. The molecule has 2 heterocycles. The summed E-state index contributed by atoms with van der Waals surface area (Å²) in [7, 11) is 0. The van der Waals surface area contributed by atoms with Crippen LogP contribution in [0.3, 0.4) is 0 Å². The predicted molar refractivity (Wildman–Crippen MR) is 130 cm³/mol. The second kappa shape index (κ2) is 12.2. The second-order valence-corrected chi connectivity index (χ2v) is 8.29. The molecule has 1 atom stereocenters. The van der Waals surface area contributed by atoms with Gasteiger partial charge in [0.1, 0.15) is 41.8 Å². The van der Waals surface area contributed by atoms with E-state index in [1.807, 2.05) is 35.0 Å². The van der Waals surface area contributed by atoms with Gasteiger partial charge in [-0.25, -0.2) is 18.7 Å². The lowest BCUT2D eigenvalue weighted by atomic mass is 10.1. The second-order valence-electron chi connectivity index (χ2n) is 8.29.